The Bertz CT molecular complexity index is 641. The summed E-state index contributed by atoms with van der Waals surface area (Å²) in [7, 11) is 0. The first-order valence-corrected chi connectivity index (χ1v) is 7.16. The number of hydrogen-bond acceptors (Lipinski definition) is 5. The maximum atomic E-state index is 11.5. The SMILES string of the molecule is CCCCCOCC(=O)NCCn1cc(C#N)c(=O)[nH]c1=O. The molecule has 1 heterocycles. The number of carbonyl (C=O) groups excluding carboxylic acids is 1. The fraction of sp³-hybridized carbons (Fsp3) is 0.571. The topological polar surface area (TPSA) is 117 Å². The molecule has 2 N–H and O–H groups in total. The van der Waals surface area contributed by atoms with Gasteiger partial charge in [0.25, 0.3) is 5.56 Å². The Hall–Kier alpha value is -2.40. The second-order valence-corrected chi connectivity index (χ2v) is 4.72. The van der Waals surface area contributed by atoms with Crippen LogP contribution in [0.25, 0.3) is 0 Å². The highest BCUT2D eigenvalue weighted by Crippen LogP contribution is 1.93. The average molecular weight is 308 g/mol. The van der Waals surface area contributed by atoms with Crippen molar-refractivity contribution >= 4 is 5.91 Å². The summed E-state index contributed by atoms with van der Waals surface area (Å²) < 4.78 is 6.37. The summed E-state index contributed by atoms with van der Waals surface area (Å²) in [4.78, 5) is 36.3. The Morgan fingerprint density at radius 1 is 1.45 bits per heavy atom. The summed E-state index contributed by atoms with van der Waals surface area (Å²) in [6.45, 7) is 2.98. The van der Waals surface area contributed by atoms with E-state index in [-0.39, 0.29) is 31.2 Å². The van der Waals surface area contributed by atoms with Gasteiger partial charge in [-0.2, -0.15) is 5.26 Å². The predicted octanol–water partition coefficient (Wildman–Crippen LogP) is -0.269. The van der Waals surface area contributed by atoms with Gasteiger partial charge in [-0.15, -0.1) is 0 Å². The monoisotopic (exact) mass is 308 g/mol. The molecule has 1 aromatic heterocycles. The first kappa shape index (κ1) is 17.7. The first-order chi connectivity index (χ1) is 10.6. The number of rotatable bonds is 9. The van der Waals surface area contributed by atoms with Crippen LogP contribution in [0.15, 0.2) is 15.8 Å². The Balaban J connectivity index is 2.35. The van der Waals surface area contributed by atoms with Crippen LogP contribution >= 0.6 is 0 Å². The van der Waals surface area contributed by atoms with Gasteiger partial charge >= 0.3 is 5.69 Å². The maximum Gasteiger partial charge on any atom is 0.328 e. The molecule has 0 saturated heterocycles. The molecule has 120 valence electrons. The number of carbonyl (C=O) groups is 1. The molecule has 8 heteroatoms. The number of unbranched alkanes of at least 4 members (excludes halogenated alkanes) is 2. The molecule has 0 atom stereocenters. The summed E-state index contributed by atoms with van der Waals surface area (Å²) in [5.41, 5.74) is -1.48. The van der Waals surface area contributed by atoms with E-state index in [1.54, 1.807) is 6.07 Å². The summed E-state index contributed by atoms with van der Waals surface area (Å²) in [5, 5.41) is 11.3. The molecule has 8 nitrogen and oxygen atoms in total. The van der Waals surface area contributed by atoms with E-state index in [2.05, 4.69) is 12.2 Å². The number of aromatic nitrogens is 2. The minimum atomic E-state index is -0.715. The molecule has 0 aliphatic carbocycles. The van der Waals surface area contributed by atoms with Crippen LogP contribution < -0.4 is 16.6 Å². The van der Waals surface area contributed by atoms with Gasteiger partial charge in [-0.25, -0.2) is 4.79 Å². The van der Waals surface area contributed by atoms with Crippen molar-refractivity contribution in [3.05, 3.63) is 32.6 Å². The molecule has 0 aliphatic rings. The van der Waals surface area contributed by atoms with Gasteiger partial charge in [0.15, 0.2) is 0 Å². The molecule has 0 fully saturated rings. The van der Waals surface area contributed by atoms with E-state index in [0.29, 0.717) is 6.61 Å². The van der Waals surface area contributed by atoms with E-state index in [1.165, 1.54) is 10.8 Å². The lowest BCUT2D eigenvalue weighted by atomic mass is 10.3. The molecule has 0 radical (unpaired) electrons. The van der Waals surface area contributed by atoms with Crippen LogP contribution in [0.5, 0.6) is 0 Å². The molecule has 0 bridgehead atoms. The Labute approximate surface area is 127 Å². The second-order valence-electron chi connectivity index (χ2n) is 4.72. The van der Waals surface area contributed by atoms with E-state index in [0.717, 1.165) is 19.3 Å². The predicted molar refractivity (Wildman–Crippen MR) is 79.4 cm³/mol. The number of hydrogen-bond donors (Lipinski definition) is 2. The zero-order valence-electron chi connectivity index (χ0n) is 12.6. The van der Waals surface area contributed by atoms with Gasteiger partial charge in [0.2, 0.25) is 5.91 Å². The molecular formula is C14H20N4O4. The molecule has 1 aromatic rings. The normalized spacial score (nSPS) is 10.2. The third-order valence-corrected chi connectivity index (χ3v) is 2.93. The quantitative estimate of drug-likeness (QED) is 0.609. The van der Waals surface area contributed by atoms with Gasteiger partial charge < -0.3 is 10.1 Å². The summed E-state index contributed by atoms with van der Waals surface area (Å²) in [5.74, 6) is -0.269. The van der Waals surface area contributed by atoms with Crippen molar-refractivity contribution in [2.45, 2.75) is 32.7 Å². The molecule has 1 rings (SSSR count). The van der Waals surface area contributed by atoms with Gasteiger partial charge in [0, 0.05) is 25.9 Å². The number of nitriles is 1. The lowest BCUT2D eigenvalue weighted by molar-refractivity contribution is -0.125. The fourth-order valence-electron chi connectivity index (χ4n) is 1.74. The lowest BCUT2D eigenvalue weighted by Gasteiger charge is -2.08. The average Bonchev–Trinajstić information content (AvgIpc) is 2.49. The number of nitrogens with one attached hydrogen (secondary N) is 2. The minimum absolute atomic E-state index is 0.0202. The van der Waals surface area contributed by atoms with Gasteiger partial charge in [-0.1, -0.05) is 19.8 Å². The van der Waals surface area contributed by atoms with Crippen LogP contribution in [-0.2, 0) is 16.1 Å². The molecule has 0 saturated carbocycles. The number of ether oxygens (including phenoxy) is 1. The highest BCUT2D eigenvalue weighted by atomic mass is 16.5. The van der Waals surface area contributed by atoms with E-state index < -0.39 is 11.2 Å². The Kier molecular flexibility index (Phi) is 7.64. The minimum Gasteiger partial charge on any atom is -0.372 e. The second kappa shape index (κ2) is 9.52. The first-order valence-electron chi connectivity index (χ1n) is 7.16. The number of nitrogens with zero attached hydrogens (tertiary/aromatic N) is 2. The van der Waals surface area contributed by atoms with Crippen LogP contribution in [0.4, 0.5) is 0 Å². The molecule has 0 unspecified atom stereocenters. The van der Waals surface area contributed by atoms with E-state index in [1.807, 2.05) is 4.98 Å². The highest BCUT2D eigenvalue weighted by molar-refractivity contribution is 5.77. The van der Waals surface area contributed by atoms with Crippen molar-refractivity contribution in [1.29, 1.82) is 5.26 Å². The Morgan fingerprint density at radius 2 is 2.23 bits per heavy atom. The third-order valence-electron chi connectivity index (χ3n) is 2.93. The van der Waals surface area contributed by atoms with Crippen molar-refractivity contribution in [2.75, 3.05) is 19.8 Å². The van der Waals surface area contributed by atoms with Crippen molar-refractivity contribution in [3.8, 4) is 6.07 Å². The zero-order valence-corrected chi connectivity index (χ0v) is 12.6. The molecule has 0 spiro atoms. The summed E-state index contributed by atoms with van der Waals surface area (Å²) in [6.07, 6.45) is 4.26. The lowest BCUT2D eigenvalue weighted by Crippen LogP contribution is -2.36. The van der Waals surface area contributed by atoms with Gasteiger partial charge in [0.05, 0.1) is 0 Å². The maximum absolute atomic E-state index is 11.5. The van der Waals surface area contributed by atoms with Crippen molar-refractivity contribution < 1.29 is 9.53 Å². The van der Waals surface area contributed by atoms with E-state index in [9.17, 15) is 14.4 Å². The van der Waals surface area contributed by atoms with Crippen LogP contribution in [0, 0.1) is 11.3 Å². The fourth-order valence-corrected chi connectivity index (χ4v) is 1.74. The Morgan fingerprint density at radius 3 is 2.91 bits per heavy atom. The molecule has 0 aliphatic heterocycles. The van der Waals surface area contributed by atoms with Crippen LogP contribution in [0.2, 0.25) is 0 Å². The van der Waals surface area contributed by atoms with Gasteiger partial charge in [-0.3, -0.25) is 19.1 Å². The van der Waals surface area contributed by atoms with Gasteiger partial charge in [0.1, 0.15) is 18.2 Å². The van der Waals surface area contributed by atoms with Crippen molar-refractivity contribution in [2.24, 2.45) is 0 Å². The zero-order chi connectivity index (χ0) is 16.4. The van der Waals surface area contributed by atoms with Crippen molar-refractivity contribution in [3.63, 3.8) is 0 Å². The highest BCUT2D eigenvalue weighted by Gasteiger charge is 2.05. The molecule has 1 amide bonds. The number of H-pyrrole nitrogens is 1. The molecule has 22 heavy (non-hydrogen) atoms. The smallest absolute Gasteiger partial charge is 0.328 e. The largest absolute Gasteiger partial charge is 0.372 e. The van der Waals surface area contributed by atoms with Crippen LogP contribution in [0.3, 0.4) is 0 Å². The van der Waals surface area contributed by atoms with Crippen LogP contribution in [0.1, 0.15) is 31.7 Å². The third kappa shape index (κ3) is 5.93. The molecular weight excluding hydrogens is 288 g/mol. The molecule has 0 aromatic carbocycles. The number of aromatic amines is 1. The van der Waals surface area contributed by atoms with Crippen molar-refractivity contribution in [1.82, 2.24) is 14.9 Å². The van der Waals surface area contributed by atoms with Crippen LogP contribution in [-0.4, -0.2) is 35.2 Å². The van der Waals surface area contributed by atoms with E-state index in [4.69, 9.17) is 10.00 Å². The van der Waals surface area contributed by atoms with Gasteiger partial charge in [-0.05, 0) is 6.42 Å². The standard InChI is InChI=1S/C14H20N4O4/c1-2-3-4-7-22-10-12(19)16-5-6-18-9-11(8-15)13(20)17-14(18)21/h9H,2-7,10H2,1H3,(H,16,19)(H,17,20,21). The summed E-state index contributed by atoms with van der Waals surface area (Å²) in [6, 6.07) is 1.70. The number of amides is 1. The van der Waals surface area contributed by atoms with E-state index >= 15 is 0 Å². The summed E-state index contributed by atoms with van der Waals surface area (Å²) >= 11 is 0.